The Hall–Kier alpha value is 0.726. The van der Waals surface area contributed by atoms with E-state index in [1.807, 2.05) is 0 Å². The molecule has 0 saturated carbocycles. The largest absolute Gasteiger partial charge is 0.312 e. The van der Waals surface area contributed by atoms with Gasteiger partial charge in [0.15, 0.2) is 0 Å². The second kappa shape index (κ2) is 5.86. The van der Waals surface area contributed by atoms with Gasteiger partial charge in [0.2, 0.25) is 0 Å². The minimum atomic E-state index is 0. The molecule has 0 spiro atoms. The van der Waals surface area contributed by atoms with Crippen LogP contribution in [0.2, 0.25) is 0 Å². The van der Waals surface area contributed by atoms with Gasteiger partial charge in [-0.25, -0.2) is 0 Å². The number of rotatable bonds is 2. The highest BCUT2D eigenvalue weighted by molar-refractivity contribution is 5.75. The first-order valence-corrected chi connectivity index (χ1v) is 2.89. The highest BCUT2D eigenvalue weighted by Crippen LogP contribution is 1.80. The summed E-state index contributed by atoms with van der Waals surface area (Å²) in [4.78, 5) is 0. The van der Waals surface area contributed by atoms with Crippen LogP contribution in [0.3, 0.4) is 0 Å². The summed E-state index contributed by atoms with van der Waals surface area (Å²) in [5.74, 6) is 0. The van der Waals surface area contributed by atoms with Crippen LogP contribution in [0.5, 0.6) is 0 Å². The smallest absolute Gasteiger partial charge is 0.00127 e. The minimum absolute atomic E-state index is 0. The predicted molar refractivity (Wildman–Crippen MR) is 39.2 cm³/mol. The van der Waals surface area contributed by atoms with Crippen molar-refractivity contribution in [2.24, 2.45) is 0 Å². The average molecular weight is 125 g/mol. The first-order valence-electron chi connectivity index (χ1n) is 2.89. The Morgan fingerprint density at radius 1 is 0.875 bits per heavy atom. The third kappa shape index (κ3) is 9.87. The fraction of sp³-hybridized carbons (Fsp3) is 1.00. The molecular formula is C6H15MgN. The fourth-order valence-electron chi connectivity index (χ4n) is 0.667. The van der Waals surface area contributed by atoms with E-state index in [1.54, 1.807) is 0 Å². The van der Waals surface area contributed by atoms with Crippen LogP contribution in [0, 0.1) is 0 Å². The van der Waals surface area contributed by atoms with E-state index >= 15 is 0 Å². The monoisotopic (exact) mass is 125 g/mol. The molecule has 1 N–H and O–H groups in total. The molecule has 0 aromatic rings. The van der Waals surface area contributed by atoms with Crippen LogP contribution in [0.4, 0.5) is 0 Å². The van der Waals surface area contributed by atoms with Gasteiger partial charge in [-0.3, -0.25) is 0 Å². The molecule has 2 heteroatoms. The van der Waals surface area contributed by atoms with Crippen LogP contribution in [-0.4, -0.2) is 35.1 Å². The van der Waals surface area contributed by atoms with Gasteiger partial charge in [0.1, 0.15) is 0 Å². The molecular weight excluding hydrogens is 110 g/mol. The summed E-state index contributed by atoms with van der Waals surface area (Å²) in [7, 11) is 0. The Balaban J connectivity index is 0. The topological polar surface area (TPSA) is 12.0 Å². The van der Waals surface area contributed by atoms with E-state index in [1.165, 1.54) is 0 Å². The SMILES string of the molecule is CC(C)NC(C)C.[Mg]. The lowest BCUT2D eigenvalue weighted by molar-refractivity contribution is 0.518. The van der Waals surface area contributed by atoms with Crippen molar-refractivity contribution in [3.05, 3.63) is 0 Å². The van der Waals surface area contributed by atoms with Gasteiger partial charge in [0, 0.05) is 35.1 Å². The highest BCUT2D eigenvalue weighted by atomic mass is 24.3. The zero-order valence-electron chi connectivity index (χ0n) is 6.36. The van der Waals surface area contributed by atoms with Crippen LogP contribution < -0.4 is 5.32 Å². The minimum Gasteiger partial charge on any atom is -0.312 e. The van der Waals surface area contributed by atoms with Crippen molar-refractivity contribution in [3.8, 4) is 0 Å². The standard InChI is InChI=1S/C6H15N.Mg/c1-5(2)7-6(3)4;/h5-7H,1-4H3;. The highest BCUT2D eigenvalue weighted by Gasteiger charge is 1.92. The van der Waals surface area contributed by atoms with E-state index in [0.717, 1.165) is 0 Å². The van der Waals surface area contributed by atoms with Gasteiger partial charge in [0.05, 0.1) is 0 Å². The van der Waals surface area contributed by atoms with Crippen LogP contribution in [0.25, 0.3) is 0 Å². The molecule has 0 rings (SSSR count). The summed E-state index contributed by atoms with van der Waals surface area (Å²) in [6.07, 6.45) is 0. The third-order valence-corrected chi connectivity index (χ3v) is 0.667. The molecule has 0 heterocycles. The van der Waals surface area contributed by atoms with Gasteiger partial charge in [-0.2, -0.15) is 0 Å². The second-order valence-corrected chi connectivity index (χ2v) is 2.48. The fourth-order valence-corrected chi connectivity index (χ4v) is 0.667. The van der Waals surface area contributed by atoms with Gasteiger partial charge in [-0.15, -0.1) is 0 Å². The maximum atomic E-state index is 3.31. The Labute approximate surface area is 68.4 Å². The Kier molecular flexibility index (Phi) is 8.43. The first kappa shape index (κ1) is 11.5. The molecule has 0 aliphatic carbocycles. The van der Waals surface area contributed by atoms with E-state index in [-0.39, 0.29) is 23.1 Å². The maximum Gasteiger partial charge on any atom is 0.00127 e. The lowest BCUT2D eigenvalue weighted by Gasteiger charge is -2.10. The number of hydrogen-bond acceptors (Lipinski definition) is 1. The molecule has 8 heavy (non-hydrogen) atoms. The quantitative estimate of drug-likeness (QED) is 0.543. The zero-order valence-corrected chi connectivity index (χ0v) is 7.78. The van der Waals surface area contributed by atoms with Crippen molar-refractivity contribution in [1.82, 2.24) is 5.32 Å². The molecule has 0 aliphatic rings. The Morgan fingerprint density at radius 3 is 1.12 bits per heavy atom. The van der Waals surface area contributed by atoms with E-state index in [0.29, 0.717) is 12.1 Å². The van der Waals surface area contributed by atoms with Gasteiger partial charge in [0.25, 0.3) is 0 Å². The van der Waals surface area contributed by atoms with Gasteiger partial charge >= 0.3 is 0 Å². The van der Waals surface area contributed by atoms with Crippen molar-refractivity contribution in [2.45, 2.75) is 39.8 Å². The average Bonchev–Trinajstić information content (AvgIpc) is 1.27. The van der Waals surface area contributed by atoms with Crippen LogP contribution >= 0.6 is 0 Å². The van der Waals surface area contributed by atoms with Crippen molar-refractivity contribution in [3.63, 3.8) is 0 Å². The molecule has 46 valence electrons. The molecule has 0 aliphatic heterocycles. The molecule has 0 aromatic heterocycles. The van der Waals surface area contributed by atoms with E-state index < -0.39 is 0 Å². The number of hydrogen-bond donors (Lipinski definition) is 1. The Bertz CT molecular complexity index is 37.8. The Morgan fingerprint density at radius 2 is 1.12 bits per heavy atom. The van der Waals surface area contributed by atoms with Gasteiger partial charge < -0.3 is 5.32 Å². The molecule has 0 aromatic carbocycles. The van der Waals surface area contributed by atoms with Gasteiger partial charge in [-0.1, -0.05) is 27.7 Å². The number of nitrogens with one attached hydrogen (secondary N) is 1. The van der Waals surface area contributed by atoms with Crippen molar-refractivity contribution in [1.29, 1.82) is 0 Å². The van der Waals surface area contributed by atoms with Crippen LogP contribution in [0.15, 0.2) is 0 Å². The van der Waals surface area contributed by atoms with Crippen LogP contribution in [-0.2, 0) is 0 Å². The van der Waals surface area contributed by atoms with E-state index in [9.17, 15) is 0 Å². The van der Waals surface area contributed by atoms with E-state index in [4.69, 9.17) is 0 Å². The summed E-state index contributed by atoms with van der Waals surface area (Å²) in [6.45, 7) is 8.61. The molecule has 1 nitrogen and oxygen atoms in total. The summed E-state index contributed by atoms with van der Waals surface area (Å²) in [5, 5.41) is 3.31. The van der Waals surface area contributed by atoms with E-state index in [2.05, 4.69) is 33.0 Å². The summed E-state index contributed by atoms with van der Waals surface area (Å²) >= 11 is 0. The van der Waals surface area contributed by atoms with Gasteiger partial charge in [-0.05, 0) is 0 Å². The molecule has 0 unspecified atom stereocenters. The second-order valence-electron chi connectivity index (χ2n) is 2.48. The van der Waals surface area contributed by atoms with Crippen molar-refractivity contribution >= 4 is 23.1 Å². The van der Waals surface area contributed by atoms with Crippen molar-refractivity contribution < 1.29 is 0 Å². The lowest BCUT2D eigenvalue weighted by atomic mass is 10.3. The predicted octanol–water partition coefficient (Wildman–Crippen LogP) is 1.01. The normalized spacial score (nSPS) is 9.75. The molecule has 0 bridgehead atoms. The molecule has 0 atom stereocenters. The van der Waals surface area contributed by atoms with Crippen molar-refractivity contribution in [2.75, 3.05) is 0 Å². The lowest BCUT2D eigenvalue weighted by Crippen LogP contribution is -2.29. The third-order valence-electron chi connectivity index (χ3n) is 0.667. The summed E-state index contributed by atoms with van der Waals surface area (Å²) in [5.41, 5.74) is 0. The van der Waals surface area contributed by atoms with Crippen LogP contribution in [0.1, 0.15) is 27.7 Å². The molecule has 0 saturated heterocycles. The summed E-state index contributed by atoms with van der Waals surface area (Å²) < 4.78 is 0. The maximum absolute atomic E-state index is 3.31. The molecule has 2 radical (unpaired) electrons. The molecule has 0 fully saturated rings. The molecule has 0 amide bonds. The first-order chi connectivity index (χ1) is 3.13. The zero-order chi connectivity index (χ0) is 5.86. The summed E-state index contributed by atoms with van der Waals surface area (Å²) in [6, 6.07) is 1.25.